The fraction of sp³-hybridized carbons (Fsp3) is 1.00. The van der Waals surface area contributed by atoms with Crippen molar-refractivity contribution in [3.8, 4) is 0 Å². The molecule has 1 fully saturated rings. The van der Waals surface area contributed by atoms with Crippen LogP contribution >= 0.6 is 0 Å². The number of morpholine rings is 1. The van der Waals surface area contributed by atoms with Crippen LogP contribution in [0.4, 0.5) is 0 Å². The van der Waals surface area contributed by atoms with E-state index in [-0.39, 0.29) is 0 Å². The van der Waals surface area contributed by atoms with Gasteiger partial charge in [-0.3, -0.25) is 0 Å². The highest BCUT2D eigenvalue weighted by atomic mass is 32.2. The molecular formula is C4H10NO4S-. The lowest BCUT2D eigenvalue weighted by molar-refractivity contribution is 0.109. The third-order valence-electron chi connectivity index (χ3n) is 0.846. The minimum absolute atomic E-state index is 0.889. The molecule has 0 aromatic rings. The molecule has 1 saturated heterocycles. The van der Waals surface area contributed by atoms with Gasteiger partial charge in [-0.15, -0.1) is 0 Å². The fourth-order valence-corrected chi connectivity index (χ4v) is 0.516. The van der Waals surface area contributed by atoms with Gasteiger partial charge in [-0.1, -0.05) is 0 Å². The van der Waals surface area contributed by atoms with E-state index < -0.39 is 11.4 Å². The van der Waals surface area contributed by atoms with Crippen LogP contribution in [-0.4, -0.2) is 39.6 Å². The van der Waals surface area contributed by atoms with Crippen molar-refractivity contribution >= 4 is 11.4 Å². The number of rotatable bonds is 0. The summed E-state index contributed by atoms with van der Waals surface area (Å²) in [7, 11) is 0. The molecule has 1 aliphatic rings. The second-order valence-electron chi connectivity index (χ2n) is 1.58. The molecular weight excluding hydrogens is 158 g/mol. The molecule has 0 radical (unpaired) electrons. The minimum Gasteiger partial charge on any atom is -0.750 e. The van der Waals surface area contributed by atoms with Crippen LogP contribution in [0.2, 0.25) is 0 Å². The lowest BCUT2D eigenvalue weighted by atomic mass is 10.5. The van der Waals surface area contributed by atoms with Crippen molar-refractivity contribution in [3.05, 3.63) is 0 Å². The summed E-state index contributed by atoms with van der Waals surface area (Å²) in [4.78, 5) is 0. The summed E-state index contributed by atoms with van der Waals surface area (Å²) < 4.78 is 29.1. The molecule has 0 aliphatic carbocycles. The first kappa shape index (κ1) is 9.99. The molecule has 1 rings (SSSR count). The van der Waals surface area contributed by atoms with Gasteiger partial charge in [0.15, 0.2) is 0 Å². The Morgan fingerprint density at radius 3 is 2.00 bits per heavy atom. The van der Waals surface area contributed by atoms with E-state index >= 15 is 0 Å². The first-order valence-corrected chi connectivity index (χ1v) is 3.83. The van der Waals surface area contributed by atoms with Crippen LogP contribution < -0.4 is 5.32 Å². The van der Waals surface area contributed by atoms with Gasteiger partial charge in [-0.05, 0) is 0 Å². The van der Waals surface area contributed by atoms with Crippen LogP contribution in [0.3, 0.4) is 0 Å². The fourth-order valence-electron chi connectivity index (χ4n) is 0.516. The molecule has 0 aromatic heterocycles. The van der Waals surface area contributed by atoms with Gasteiger partial charge in [-0.2, -0.15) is 0 Å². The van der Waals surface area contributed by atoms with Crippen LogP contribution in [0.1, 0.15) is 0 Å². The molecule has 1 atom stereocenters. The predicted octanol–water partition coefficient (Wildman–Crippen LogP) is -1.06. The zero-order chi connectivity index (χ0) is 7.82. The minimum atomic E-state index is -2.86. The van der Waals surface area contributed by atoms with Gasteiger partial charge in [-0.25, -0.2) is 4.21 Å². The van der Waals surface area contributed by atoms with E-state index in [1.165, 1.54) is 0 Å². The number of hydrogen-bond acceptors (Lipinski definition) is 4. The summed E-state index contributed by atoms with van der Waals surface area (Å²) in [5, 5.41) is 3.16. The summed E-state index contributed by atoms with van der Waals surface area (Å²) in [5.74, 6) is 0. The SMILES string of the molecule is C1COCCN1.O=S([O-])O. The maximum atomic E-state index is 8.56. The van der Waals surface area contributed by atoms with Crippen molar-refractivity contribution in [1.29, 1.82) is 0 Å². The van der Waals surface area contributed by atoms with E-state index in [1.54, 1.807) is 0 Å². The summed E-state index contributed by atoms with van der Waals surface area (Å²) in [6.45, 7) is 3.83. The molecule has 0 amide bonds. The zero-order valence-corrected chi connectivity index (χ0v) is 6.23. The number of hydrogen-bond donors (Lipinski definition) is 2. The first-order chi connectivity index (χ1) is 4.73. The average molecular weight is 168 g/mol. The van der Waals surface area contributed by atoms with E-state index in [4.69, 9.17) is 18.1 Å². The summed E-state index contributed by atoms with van der Waals surface area (Å²) in [6, 6.07) is 0. The normalized spacial score (nSPS) is 20.6. The molecule has 0 spiro atoms. The van der Waals surface area contributed by atoms with Gasteiger partial charge in [0.2, 0.25) is 0 Å². The Morgan fingerprint density at radius 2 is 1.90 bits per heavy atom. The van der Waals surface area contributed by atoms with Crippen LogP contribution in [0, 0.1) is 0 Å². The molecule has 1 aliphatic heterocycles. The Hall–Kier alpha value is -0.0100. The lowest BCUT2D eigenvalue weighted by Crippen LogP contribution is -2.30. The van der Waals surface area contributed by atoms with E-state index in [0.717, 1.165) is 26.3 Å². The van der Waals surface area contributed by atoms with Gasteiger partial charge >= 0.3 is 0 Å². The second kappa shape index (κ2) is 7.10. The highest BCUT2D eigenvalue weighted by molar-refractivity contribution is 7.73. The Kier molecular flexibility index (Phi) is 7.09. The van der Waals surface area contributed by atoms with Crippen molar-refractivity contribution in [2.24, 2.45) is 0 Å². The topological polar surface area (TPSA) is 81.6 Å². The van der Waals surface area contributed by atoms with Gasteiger partial charge in [0, 0.05) is 13.1 Å². The van der Waals surface area contributed by atoms with Crippen molar-refractivity contribution < 1.29 is 18.1 Å². The Labute approximate surface area is 61.9 Å². The van der Waals surface area contributed by atoms with E-state index in [0.29, 0.717) is 0 Å². The molecule has 1 heterocycles. The molecule has 0 bridgehead atoms. The van der Waals surface area contributed by atoms with Gasteiger partial charge in [0.25, 0.3) is 0 Å². The van der Waals surface area contributed by atoms with Crippen LogP contribution in [-0.2, 0) is 16.1 Å². The van der Waals surface area contributed by atoms with E-state index in [9.17, 15) is 0 Å². The third kappa shape index (κ3) is 10.9. The lowest BCUT2D eigenvalue weighted by Gasteiger charge is -2.10. The van der Waals surface area contributed by atoms with Crippen LogP contribution in [0.5, 0.6) is 0 Å². The molecule has 0 saturated carbocycles. The van der Waals surface area contributed by atoms with Gasteiger partial charge < -0.3 is 19.2 Å². The number of nitrogens with one attached hydrogen (secondary N) is 1. The van der Waals surface area contributed by atoms with E-state index in [1.807, 2.05) is 0 Å². The molecule has 6 heteroatoms. The first-order valence-electron chi connectivity index (χ1n) is 2.80. The molecule has 10 heavy (non-hydrogen) atoms. The molecule has 5 nitrogen and oxygen atoms in total. The van der Waals surface area contributed by atoms with Crippen LogP contribution in [0.15, 0.2) is 0 Å². The van der Waals surface area contributed by atoms with E-state index in [2.05, 4.69) is 5.32 Å². The monoisotopic (exact) mass is 168 g/mol. The highest BCUT2D eigenvalue weighted by Crippen LogP contribution is 1.76. The summed E-state index contributed by atoms with van der Waals surface area (Å²) >= 11 is -2.86. The molecule has 1 unspecified atom stereocenters. The van der Waals surface area contributed by atoms with Gasteiger partial charge in [0.1, 0.15) is 0 Å². The Morgan fingerprint density at radius 1 is 1.50 bits per heavy atom. The smallest absolute Gasteiger partial charge is 0.0814 e. The maximum absolute atomic E-state index is 8.56. The third-order valence-corrected chi connectivity index (χ3v) is 0.846. The second-order valence-corrected chi connectivity index (χ2v) is 2.01. The summed E-state index contributed by atoms with van der Waals surface area (Å²) in [6.07, 6.45) is 0. The quantitative estimate of drug-likeness (QED) is 0.451. The summed E-state index contributed by atoms with van der Waals surface area (Å²) in [5.41, 5.74) is 0. The largest absolute Gasteiger partial charge is 0.750 e. The average Bonchev–Trinajstić information content (AvgIpc) is 1.90. The Bertz CT molecular complexity index is 79.7. The predicted molar refractivity (Wildman–Crippen MR) is 35.2 cm³/mol. The molecule has 0 aromatic carbocycles. The highest BCUT2D eigenvalue weighted by Gasteiger charge is 1.92. The van der Waals surface area contributed by atoms with Crippen molar-refractivity contribution in [3.63, 3.8) is 0 Å². The molecule has 62 valence electrons. The Balaban J connectivity index is 0.000000180. The molecule has 2 N–H and O–H groups in total. The number of ether oxygens (including phenoxy) is 1. The van der Waals surface area contributed by atoms with Crippen molar-refractivity contribution in [2.45, 2.75) is 0 Å². The van der Waals surface area contributed by atoms with Crippen molar-refractivity contribution in [2.75, 3.05) is 26.3 Å². The van der Waals surface area contributed by atoms with Crippen molar-refractivity contribution in [1.82, 2.24) is 5.32 Å². The standard InChI is InChI=1S/C4H9NO.H2O3S/c1-3-6-4-2-5-1;1-4(2)3/h5H,1-4H2;(H2,1,2,3)/p-1. The van der Waals surface area contributed by atoms with Gasteiger partial charge in [0.05, 0.1) is 24.6 Å². The maximum Gasteiger partial charge on any atom is 0.0814 e. The zero-order valence-electron chi connectivity index (χ0n) is 5.41. The van der Waals surface area contributed by atoms with Crippen LogP contribution in [0.25, 0.3) is 0 Å².